The van der Waals surface area contributed by atoms with E-state index in [4.69, 9.17) is 4.74 Å². The van der Waals surface area contributed by atoms with Gasteiger partial charge in [-0.25, -0.2) is 0 Å². The largest absolute Gasteiger partial charge is 0.492 e. The van der Waals surface area contributed by atoms with Crippen molar-refractivity contribution in [3.63, 3.8) is 0 Å². The van der Waals surface area contributed by atoms with Crippen LogP contribution in [-0.4, -0.2) is 41.9 Å². The van der Waals surface area contributed by atoms with E-state index in [1.54, 1.807) is 12.4 Å². The number of hydrogen-bond donors (Lipinski definition) is 0. The van der Waals surface area contributed by atoms with Gasteiger partial charge >= 0.3 is 0 Å². The zero-order valence-corrected chi connectivity index (χ0v) is 13.4. The van der Waals surface area contributed by atoms with Gasteiger partial charge in [0.2, 0.25) is 0 Å². The molecule has 0 radical (unpaired) electrons. The van der Waals surface area contributed by atoms with E-state index >= 15 is 0 Å². The van der Waals surface area contributed by atoms with Gasteiger partial charge in [-0.05, 0) is 39.4 Å². The predicted molar refractivity (Wildman–Crippen MR) is 83.9 cm³/mol. The van der Waals surface area contributed by atoms with Crippen molar-refractivity contribution in [2.45, 2.75) is 51.0 Å². The molecule has 2 rings (SSSR count). The second-order valence-electron chi connectivity index (χ2n) is 6.07. The molecule has 0 N–H and O–H groups in total. The molecule has 1 aliphatic rings. The first kappa shape index (κ1) is 16.0. The number of Topliss-reactive ketones (excluding diaryl/α,β-unsaturated/α-hetero) is 1. The van der Waals surface area contributed by atoms with Crippen LogP contribution in [0.4, 0.5) is 0 Å². The van der Waals surface area contributed by atoms with Gasteiger partial charge in [0.15, 0.2) is 5.78 Å². The number of hydrogen-bond acceptors (Lipinski definition) is 4. The Bertz CT molecular complexity index is 479. The molecule has 1 aliphatic carbocycles. The molecule has 0 saturated heterocycles. The Kier molecular flexibility index (Phi) is 5.34. The molecular weight excluding hydrogens is 264 g/mol. The van der Waals surface area contributed by atoms with Crippen molar-refractivity contribution in [3.05, 3.63) is 24.0 Å². The van der Waals surface area contributed by atoms with Crippen LogP contribution in [0.25, 0.3) is 0 Å². The Morgan fingerprint density at radius 1 is 1.29 bits per heavy atom. The van der Waals surface area contributed by atoms with Crippen LogP contribution in [0.1, 0.15) is 55.8 Å². The fraction of sp³-hybridized carbons (Fsp3) is 0.647. The van der Waals surface area contributed by atoms with Crippen molar-refractivity contribution in [2.75, 3.05) is 20.7 Å². The summed E-state index contributed by atoms with van der Waals surface area (Å²) in [6.45, 7) is 2.71. The number of carbonyl (C=O) groups is 1. The maximum absolute atomic E-state index is 13.1. The summed E-state index contributed by atoms with van der Waals surface area (Å²) in [6.07, 6.45) is 9.60. The Morgan fingerprint density at radius 3 is 2.62 bits per heavy atom. The highest BCUT2D eigenvalue weighted by atomic mass is 16.5. The van der Waals surface area contributed by atoms with Crippen LogP contribution in [0.5, 0.6) is 5.75 Å². The minimum atomic E-state index is -0.372. The second kappa shape index (κ2) is 7.03. The van der Waals surface area contributed by atoms with Crippen LogP contribution < -0.4 is 4.74 Å². The molecule has 0 bridgehead atoms. The number of rotatable bonds is 6. The Labute approximate surface area is 127 Å². The fourth-order valence-corrected chi connectivity index (χ4v) is 3.12. The zero-order valence-electron chi connectivity index (χ0n) is 13.4. The lowest BCUT2D eigenvalue weighted by Crippen LogP contribution is -2.52. The van der Waals surface area contributed by atoms with E-state index in [1.807, 2.05) is 20.2 Å². The SMILES string of the molecule is CCCOc1cncc(C(=O)C2(N(C)C)CCCCC2)c1. The maximum Gasteiger partial charge on any atom is 0.184 e. The lowest BCUT2D eigenvalue weighted by molar-refractivity contribution is 0.0563. The number of carbonyl (C=O) groups excluding carboxylic acids is 1. The van der Waals surface area contributed by atoms with Crippen molar-refractivity contribution in [2.24, 2.45) is 0 Å². The molecule has 1 saturated carbocycles. The number of likely N-dealkylation sites (N-methyl/N-ethyl adjacent to an activating group) is 1. The highest BCUT2D eigenvalue weighted by molar-refractivity contribution is 6.03. The van der Waals surface area contributed by atoms with Gasteiger partial charge in [0, 0.05) is 11.8 Å². The standard InChI is InChI=1S/C17H26N2O2/c1-4-10-21-15-11-14(12-18-13-15)16(20)17(19(2)3)8-6-5-7-9-17/h11-13H,4-10H2,1-3H3. The minimum absolute atomic E-state index is 0.182. The third-order valence-corrected chi connectivity index (χ3v) is 4.41. The molecule has 116 valence electrons. The van der Waals surface area contributed by atoms with Gasteiger partial charge in [0.25, 0.3) is 0 Å². The van der Waals surface area contributed by atoms with Crippen LogP contribution in [0.15, 0.2) is 18.5 Å². The van der Waals surface area contributed by atoms with Crippen LogP contribution >= 0.6 is 0 Å². The fourth-order valence-electron chi connectivity index (χ4n) is 3.12. The van der Waals surface area contributed by atoms with E-state index in [0.29, 0.717) is 17.9 Å². The molecule has 4 heteroatoms. The summed E-state index contributed by atoms with van der Waals surface area (Å²) < 4.78 is 5.60. The van der Waals surface area contributed by atoms with E-state index in [0.717, 1.165) is 32.1 Å². The Morgan fingerprint density at radius 2 is 2.00 bits per heavy atom. The summed E-state index contributed by atoms with van der Waals surface area (Å²) >= 11 is 0. The maximum atomic E-state index is 13.1. The smallest absolute Gasteiger partial charge is 0.184 e. The molecule has 0 unspecified atom stereocenters. The summed E-state index contributed by atoms with van der Waals surface area (Å²) in [5.74, 6) is 0.870. The van der Waals surface area contributed by atoms with Gasteiger partial charge in [-0.2, -0.15) is 0 Å². The van der Waals surface area contributed by atoms with E-state index < -0.39 is 0 Å². The zero-order chi connectivity index (χ0) is 15.3. The molecule has 1 aromatic rings. The number of ether oxygens (including phenoxy) is 1. The van der Waals surface area contributed by atoms with Gasteiger partial charge in [-0.15, -0.1) is 0 Å². The van der Waals surface area contributed by atoms with Crippen LogP contribution in [-0.2, 0) is 0 Å². The molecule has 0 spiro atoms. The molecule has 1 fully saturated rings. The van der Waals surface area contributed by atoms with Gasteiger partial charge in [0.05, 0.1) is 18.3 Å². The van der Waals surface area contributed by atoms with Crippen molar-refractivity contribution >= 4 is 5.78 Å². The van der Waals surface area contributed by atoms with Crippen LogP contribution in [0.2, 0.25) is 0 Å². The molecule has 0 aromatic carbocycles. The molecule has 0 atom stereocenters. The summed E-state index contributed by atoms with van der Waals surface area (Å²) in [4.78, 5) is 19.3. The molecular formula is C17H26N2O2. The van der Waals surface area contributed by atoms with Gasteiger partial charge in [-0.1, -0.05) is 26.2 Å². The lowest BCUT2D eigenvalue weighted by atomic mass is 9.76. The van der Waals surface area contributed by atoms with Gasteiger partial charge in [0.1, 0.15) is 5.75 Å². The van der Waals surface area contributed by atoms with Gasteiger partial charge in [-0.3, -0.25) is 14.7 Å². The molecule has 21 heavy (non-hydrogen) atoms. The van der Waals surface area contributed by atoms with E-state index in [1.165, 1.54) is 6.42 Å². The number of aromatic nitrogens is 1. The summed E-state index contributed by atoms with van der Waals surface area (Å²) in [7, 11) is 4.02. The average Bonchev–Trinajstić information content (AvgIpc) is 2.53. The molecule has 1 aromatic heterocycles. The molecule has 0 aliphatic heterocycles. The molecule has 0 amide bonds. The van der Waals surface area contributed by atoms with Crippen molar-refractivity contribution < 1.29 is 9.53 Å². The van der Waals surface area contributed by atoms with Crippen molar-refractivity contribution in [1.29, 1.82) is 0 Å². The average molecular weight is 290 g/mol. The Balaban J connectivity index is 2.24. The monoisotopic (exact) mass is 290 g/mol. The van der Waals surface area contributed by atoms with Crippen LogP contribution in [0.3, 0.4) is 0 Å². The third kappa shape index (κ3) is 3.43. The quantitative estimate of drug-likeness (QED) is 0.754. The lowest BCUT2D eigenvalue weighted by Gasteiger charge is -2.41. The predicted octanol–water partition coefficient (Wildman–Crippen LogP) is 3.32. The first-order chi connectivity index (χ1) is 10.1. The second-order valence-corrected chi connectivity index (χ2v) is 6.07. The number of nitrogens with zero attached hydrogens (tertiary/aromatic N) is 2. The normalized spacial score (nSPS) is 17.7. The van der Waals surface area contributed by atoms with E-state index in [9.17, 15) is 4.79 Å². The Hall–Kier alpha value is -1.42. The number of pyridine rings is 1. The first-order valence-corrected chi connectivity index (χ1v) is 7.90. The molecule has 1 heterocycles. The topological polar surface area (TPSA) is 42.4 Å². The van der Waals surface area contributed by atoms with Crippen LogP contribution in [0, 0.1) is 0 Å². The van der Waals surface area contributed by atoms with E-state index in [-0.39, 0.29) is 11.3 Å². The molecule has 4 nitrogen and oxygen atoms in total. The highest BCUT2D eigenvalue weighted by Gasteiger charge is 2.41. The summed E-state index contributed by atoms with van der Waals surface area (Å²) in [5, 5.41) is 0. The number of ketones is 1. The van der Waals surface area contributed by atoms with Gasteiger partial charge < -0.3 is 4.74 Å². The third-order valence-electron chi connectivity index (χ3n) is 4.41. The van der Waals surface area contributed by atoms with Crippen molar-refractivity contribution in [3.8, 4) is 5.75 Å². The highest BCUT2D eigenvalue weighted by Crippen LogP contribution is 2.35. The summed E-state index contributed by atoms with van der Waals surface area (Å²) in [5.41, 5.74) is 0.294. The van der Waals surface area contributed by atoms with Crippen molar-refractivity contribution in [1.82, 2.24) is 9.88 Å². The minimum Gasteiger partial charge on any atom is -0.492 e. The van der Waals surface area contributed by atoms with E-state index in [2.05, 4.69) is 16.8 Å². The first-order valence-electron chi connectivity index (χ1n) is 7.90. The summed E-state index contributed by atoms with van der Waals surface area (Å²) in [6, 6.07) is 1.84.